The van der Waals surface area contributed by atoms with Crippen LogP contribution in [0.5, 0.6) is 0 Å². The van der Waals surface area contributed by atoms with Gasteiger partial charge in [0, 0.05) is 55.5 Å². The molecular formula is C55H64ClN13O2. The van der Waals surface area contributed by atoms with Crippen LogP contribution in [0.4, 0.5) is 11.4 Å². The van der Waals surface area contributed by atoms with Crippen molar-refractivity contribution in [2.45, 2.75) is 71.5 Å². The quantitative estimate of drug-likeness (QED) is 0.0561. The van der Waals surface area contributed by atoms with E-state index >= 15 is 0 Å². The van der Waals surface area contributed by atoms with E-state index in [-0.39, 0.29) is 36.3 Å². The predicted octanol–water partition coefficient (Wildman–Crippen LogP) is 8.95. The number of anilines is 2. The van der Waals surface area contributed by atoms with Crippen LogP contribution in [-0.2, 0) is 27.1 Å². The predicted molar refractivity (Wildman–Crippen MR) is 281 cm³/mol. The molecule has 0 spiro atoms. The minimum Gasteiger partial charge on any atom is -0.326 e. The van der Waals surface area contributed by atoms with Gasteiger partial charge in [0.15, 0.2) is 0 Å². The molecule has 15 nitrogen and oxygen atoms in total. The number of carbonyl (C=O) groups excluding carboxylic acids is 2. The number of hydrogen-bond acceptors (Lipinski definition) is 9. The molecule has 2 aliphatic rings. The van der Waals surface area contributed by atoms with E-state index in [1.165, 1.54) is 31.2 Å². The van der Waals surface area contributed by atoms with Crippen molar-refractivity contribution in [1.29, 1.82) is 0 Å². The summed E-state index contributed by atoms with van der Waals surface area (Å²) in [6.45, 7) is 8.27. The van der Waals surface area contributed by atoms with Gasteiger partial charge in [0.1, 0.15) is 11.4 Å². The summed E-state index contributed by atoms with van der Waals surface area (Å²) in [5.74, 6) is 1.10. The molecule has 10 rings (SSSR count). The lowest BCUT2D eigenvalue weighted by atomic mass is 10.0. The molecule has 16 heteroatoms. The summed E-state index contributed by atoms with van der Waals surface area (Å²) in [6, 6.07) is 35.6. The summed E-state index contributed by atoms with van der Waals surface area (Å²) in [4.78, 5) is 26.7. The van der Waals surface area contributed by atoms with Gasteiger partial charge in [-0.25, -0.2) is 9.36 Å². The molecule has 368 valence electrons. The Kier molecular flexibility index (Phi) is 16.1. The average Bonchev–Trinajstić information content (AvgIpc) is 4.19. The van der Waals surface area contributed by atoms with Gasteiger partial charge in [-0.15, -0.1) is 12.4 Å². The van der Waals surface area contributed by atoms with Crippen LogP contribution in [0.15, 0.2) is 134 Å². The number of nitrogens with one attached hydrogen (secondary N) is 4. The third kappa shape index (κ3) is 12.8. The van der Waals surface area contributed by atoms with Crippen molar-refractivity contribution in [3.05, 3.63) is 190 Å². The Hall–Kier alpha value is -7.17. The molecule has 2 unspecified atom stereocenters. The van der Waals surface area contributed by atoms with Crippen LogP contribution in [0, 0.1) is 25.7 Å². The molecule has 0 aliphatic heterocycles. The zero-order chi connectivity index (χ0) is 48.7. The minimum absolute atomic E-state index is 0. The molecule has 6 N–H and O–H groups in total. The first-order chi connectivity index (χ1) is 34.0. The maximum atomic E-state index is 13.4. The van der Waals surface area contributed by atoms with E-state index in [4.69, 9.17) is 5.73 Å². The maximum Gasteiger partial charge on any atom is 0.274 e. The number of benzene rings is 4. The second-order valence-electron chi connectivity index (χ2n) is 18.7. The number of nitrogens with zero attached hydrogens (tertiary/aromatic N) is 8. The number of aryl methyl sites for hydroxylation is 5. The molecule has 0 saturated heterocycles. The molecule has 0 radical (unpaired) electrons. The Bertz CT molecular complexity index is 2880. The lowest BCUT2D eigenvalue weighted by Gasteiger charge is -2.19. The summed E-state index contributed by atoms with van der Waals surface area (Å²) in [7, 11) is 3.85. The summed E-state index contributed by atoms with van der Waals surface area (Å²) in [5.41, 5.74) is 18.1. The highest BCUT2D eigenvalue weighted by molar-refractivity contribution is 6.04. The monoisotopic (exact) mass is 973 g/mol. The van der Waals surface area contributed by atoms with Crippen LogP contribution < -0.4 is 27.0 Å². The lowest BCUT2D eigenvalue weighted by Crippen LogP contribution is -2.24. The summed E-state index contributed by atoms with van der Waals surface area (Å²) in [6.07, 6.45) is 13.9. The fourth-order valence-electron chi connectivity index (χ4n) is 8.67. The number of nitrogens with two attached hydrogens (primary N) is 1. The van der Waals surface area contributed by atoms with Crippen LogP contribution in [0.1, 0.15) is 110 Å². The number of carbonyl (C=O) groups is 2. The Morgan fingerprint density at radius 1 is 0.606 bits per heavy atom. The summed E-state index contributed by atoms with van der Waals surface area (Å²) >= 11 is 0. The Morgan fingerprint density at radius 2 is 1.04 bits per heavy atom. The van der Waals surface area contributed by atoms with Gasteiger partial charge >= 0.3 is 0 Å². The molecule has 0 bridgehead atoms. The van der Waals surface area contributed by atoms with Crippen LogP contribution in [0.2, 0.25) is 0 Å². The van der Waals surface area contributed by atoms with Crippen LogP contribution in [-0.4, -0.2) is 64.0 Å². The number of hydrogen-bond donors (Lipinski definition) is 5. The molecule has 4 heterocycles. The topological polar surface area (TPSA) is 180 Å². The van der Waals surface area contributed by atoms with E-state index in [0.717, 1.165) is 93.3 Å². The van der Waals surface area contributed by atoms with Gasteiger partial charge in [-0.2, -0.15) is 20.4 Å². The van der Waals surface area contributed by atoms with Crippen molar-refractivity contribution in [3.63, 3.8) is 0 Å². The Labute approximate surface area is 421 Å². The molecule has 8 aromatic rings. The van der Waals surface area contributed by atoms with Gasteiger partial charge in [0.25, 0.3) is 11.8 Å². The molecule has 2 amide bonds. The van der Waals surface area contributed by atoms with Gasteiger partial charge < -0.3 is 27.0 Å². The first-order valence-corrected chi connectivity index (χ1v) is 24.3. The van der Waals surface area contributed by atoms with Gasteiger partial charge in [-0.3, -0.25) is 19.0 Å². The highest BCUT2D eigenvalue weighted by Gasteiger charge is 2.26. The second-order valence-corrected chi connectivity index (χ2v) is 18.7. The zero-order valence-electron chi connectivity index (χ0n) is 41.0. The van der Waals surface area contributed by atoms with Crippen LogP contribution in [0.25, 0.3) is 11.4 Å². The second kappa shape index (κ2) is 22.7. The molecule has 2 fully saturated rings. The Balaban J connectivity index is 0.000000188. The van der Waals surface area contributed by atoms with Crippen molar-refractivity contribution in [3.8, 4) is 11.4 Å². The van der Waals surface area contributed by atoms with E-state index in [1.807, 2.05) is 141 Å². The van der Waals surface area contributed by atoms with Crippen molar-refractivity contribution in [1.82, 2.24) is 49.8 Å². The minimum atomic E-state index is -0.218. The fourth-order valence-corrected chi connectivity index (χ4v) is 8.67. The van der Waals surface area contributed by atoms with Gasteiger partial charge in [0.05, 0.1) is 47.2 Å². The standard InChI is InChI=1S/C28H32N6O.C27H31N7O.ClH/c1-4-20-7-5-10-25(14-20)34-26(13-19(2)32-34)28(35)31-24-9-6-8-22(15-24)27(29-16-21-11-12-21)23-17-30-33(3)18-23;1-18-11-25(34(32-18)24-8-3-5-20(12-24)14-28)27(35)31-23-7-4-6-21(13-23)26(29-15-19-9-10-19)22-16-30-33(2)17-22;/h5-10,13-15,17-18,21,27,29H,4,11-12,16H2,1-3H3,(H,31,35);3-8,11-13,16-17,19,26,29H,9-10,14-15,28H2,1-2H3,(H,31,35);1H. The van der Waals surface area contributed by atoms with E-state index in [9.17, 15) is 9.59 Å². The van der Waals surface area contributed by atoms with E-state index in [0.29, 0.717) is 17.9 Å². The van der Waals surface area contributed by atoms with E-state index in [2.05, 4.69) is 72.9 Å². The van der Waals surface area contributed by atoms with Crippen molar-refractivity contribution >= 4 is 35.6 Å². The number of amides is 2. The summed E-state index contributed by atoms with van der Waals surface area (Å²) in [5, 5.41) is 31.4. The third-order valence-electron chi connectivity index (χ3n) is 12.8. The van der Waals surface area contributed by atoms with Crippen LogP contribution >= 0.6 is 12.4 Å². The molecular weight excluding hydrogens is 910 g/mol. The number of rotatable bonds is 18. The van der Waals surface area contributed by atoms with Crippen molar-refractivity contribution in [2.75, 3.05) is 23.7 Å². The largest absolute Gasteiger partial charge is 0.326 e. The molecule has 2 atom stereocenters. The number of halogens is 1. The first-order valence-electron chi connectivity index (χ1n) is 24.3. The summed E-state index contributed by atoms with van der Waals surface area (Å²) < 4.78 is 7.03. The van der Waals surface area contributed by atoms with Crippen molar-refractivity contribution in [2.24, 2.45) is 31.7 Å². The molecule has 2 aliphatic carbocycles. The SMILES string of the molecule is CCc1cccc(-n2nc(C)cc2C(=O)Nc2cccc(C(NCC3CC3)c3cnn(C)c3)c2)c1.Cc1cc(C(=O)Nc2cccc(C(NCC3CC3)c3cnn(C)c3)c2)n(-c2cccc(CN)c2)n1.Cl. The van der Waals surface area contributed by atoms with Crippen molar-refractivity contribution < 1.29 is 9.59 Å². The first kappa shape index (κ1) is 50.2. The molecule has 4 aromatic heterocycles. The van der Waals surface area contributed by atoms with Gasteiger partial charge in [-0.05, 0) is 154 Å². The highest BCUT2D eigenvalue weighted by atomic mass is 35.5. The highest BCUT2D eigenvalue weighted by Crippen LogP contribution is 2.32. The zero-order valence-corrected chi connectivity index (χ0v) is 41.9. The molecule has 2 saturated carbocycles. The van der Waals surface area contributed by atoms with Gasteiger partial charge in [-0.1, -0.05) is 55.5 Å². The van der Waals surface area contributed by atoms with Gasteiger partial charge in [0.2, 0.25) is 0 Å². The van der Waals surface area contributed by atoms with E-state index in [1.54, 1.807) is 15.4 Å². The smallest absolute Gasteiger partial charge is 0.274 e. The van der Waals surface area contributed by atoms with E-state index < -0.39 is 0 Å². The number of aromatic nitrogens is 8. The molecule has 71 heavy (non-hydrogen) atoms. The average molecular weight is 975 g/mol. The fraction of sp³-hybridized carbons (Fsp3) is 0.309. The normalized spacial score (nSPS) is 13.9. The molecule has 4 aromatic carbocycles. The Morgan fingerprint density at radius 3 is 1.45 bits per heavy atom. The lowest BCUT2D eigenvalue weighted by molar-refractivity contribution is 0.101. The third-order valence-corrected chi connectivity index (χ3v) is 12.8. The van der Waals surface area contributed by atoms with Crippen LogP contribution in [0.3, 0.4) is 0 Å². The maximum absolute atomic E-state index is 13.4.